The number of nitrogens with zero attached hydrogens (tertiary/aromatic N) is 1. The van der Waals surface area contributed by atoms with Crippen molar-refractivity contribution in [2.75, 3.05) is 28.6 Å². The molecule has 4 rings (SSSR count). The minimum absolute atomic E-state index is 0.265. The molecule has 2 amide bonds. The van der Waals surface area contributed by atoms with E-state index in [0.29, 0.717) is 35.8 Å². The van der Waals surface area contributed by atoms with E-state index in [1.807, 2.05) is 12.1 Å². The molecule has 1 aliphatic heterocycles. The van der Waals surface area contributed by atoms with Gasteiger partial charge >= 0.3 is 6.03 Å². The quantitative estimate of drug-likeness (QED) is 0.616. The van der Waals surface area contributed by atoms with Gasteiger partial charge in [-0.3, -0.25) is 4.31 Å². The monoisotopic (exact) mass is 437 g/mol. The van der Waals surface area contributed by atoms with Crippen molar-refractivity contribution >= 4 is 33.1 Å². The highest BCUT2D eigenvalue weighted by Crippen LogP contribution is 2.34. The lowest BCUT2D eigenvalue weighted by Crippen LogP contribution is -2.35. The molecular formula is C23H23N3O4S. The fourth-order valence-electron chi connectivity index (χ4n) is 3.64. The molecule has 0 saturated carbocycles. The molecule has 0 unspecified atom stereocenters. The second-order valence-electron chi connectivity index (χ2n) is 7.12. The maximum absolute atomic E-state index is 13.1. The highest BCUT2D eigenvalue weighted by molar-refractivity contribution is 7.92. The highest BCUT2D eigenvalue weighted by Gasteiger charge is 2.29. The standard InChI is InChI=1S/C23H23N3O4S/c1-30-22-12-6-5-11-20(22)25-23(27)24-18-13-14-21-17(16-18)8-7-15-26(21)31(28,29)19-9-3-2-4-10-19/h2-6,9-14,16H,7-8,15H2,1H3,(H2,24,25,27). The van der Waals surface area contributed by atoms with Gasteiger partial charge in [-0.05, 0) is 60.9 Å². The number of hydrogen-bond acceptors (Lipinski definition) is 4. The summed E-state index contributed by atoms with van der Waals surface area (Å²) in [5.74, 6) is 0.560. The lowest BCUT2D eigenvalue weighted by Gasteiger charge is -2.30. The normalized spacial score (nSPS) is 13.3. The molecule has 8 heteroatoms. The zero-order valence-electron chi connectivity index (χ0n) is 17.0. The van der Waals surface area contributed by atoms with E-state index in [-0.39, 0.29) is 4.90 Å². The van der Waals surface area contributed by atoms with Gasteiger partial charge in [0, 0.05) is 12.2 Å². The number of urea groups is 1. The molecule has 1 heterocycles. The number of benzene rings is 3. The number of methoxy groups -OCH3 is 1. The fraction of sp³-hybridized carbons (Fsp3) is 0.174. The molecule has 0 radical (unpaired) electrons. The van der Waals surface area contributed by atoms with Crippen LogP contribution in [0.15, 0.2) is 77.7 Å². The van der Waals surface area contributed by atoms with Gasteiger partial charge in [-0.2, -0.15) is 0 Å². The summed E-state index contributed by atoms with van der Waals surface area (Å²) in [6.45, 7) is 0.422. The van der Waals surface area contributed by atoms with Crippen molar-refractivity contribution in [3.63, 3.8) is 0 Å². The van der Waals surface area contributed by atoms with Gasteiger partial charge < -0.3 is 15.4 Å². The third kappa shape index (κ3) is 4.34. The second-order valence-corrected chi connectivity index (χ2v) is 8.98. The Bertz CT molecular complexity index is 1200. The van der Waals surface area contributed by atoms with Crippen molar-refractivity contribution in [2.24, 2.45) is 0 Å². The summed E-state index contributed by atoms with van der Waals surface area (Å²) in [5, 5.41) is 5.57. The van der Waals surface area contributed by atoms with Crippen molar-refractivity contribution in [2.45, 2.75) is 17.7 Å². The van der Waals surface area contributed by atoms with E-state index in [1.165, 1.54) is 11.4 Å². The third-order valence-corrected chi connectivity index (χ3v) is 6.93. The molecule has 0 aliphatic carbocycles. The Morgan fingerprint density at radius 2 is 1.71 bits per heavy atom. The summed E-state index contributed by atoms with van der Waals surface area (Å²) in [7, 11) is -2.10. The topological polar surface area (TPSA) is 87.7 Å². The SMILES string of the molecule is COc1ccccc1NC(=O)Nc1ccc2c(c1)CCCN2S(=O)(=O)c1ccccc1. The minimum Gasteiger partial charge on any atom is -0.495 e. The molecule has 2 N–H and O–H groups in total. The van der Waals surface area contributed by atoms with Crippen LogP contribution < -0.4 is 19.7 Å². The van der Waals surface area contributed by atoms with E-state index in [1.54, 1.807) is 60.7 Å². The lowest BCUT2D eigenvalue weighted by molar-refractivity contribution is 0.262. The van der Waals surface area contributed by atoms with Gasteiger partial charge in [-0.25, -0.2) is 13.2 Å². The van der Waals surface area contributed by atoms with Gasteiger partial charge in [0.2, 0.25) is 0 Å². The van der Waals surface area contributed by atoms with Crippen molar-refractivity contribution < 1.29 is 17.9 Å². The summed E-state index contributed by atoms with van der Waals surface area (Å²) >= 11 is 0. The number of amides is 2. The maximum Gasteiger partial charge on any atom is 0.323 e. The Labute approximate surface area is 181 Å². The summed E-state index contributed by atoms with van der Waals surface area (Å²) in [6.07, 6.45) is 1.44. The Balaban J connectivity index is 1.54. The van der Waals surface area contributed by atoms with Crippen molar-refractivity contribution in [1.82, 2.24) is 0 Å². The molecular weight excluding hydrogens is 414 g/mol. The number of anilines is 3. The predicted molar refractivity (Wildman–Crippen MR) is 121 cm³/mol. The van der Waals surface area contributed by atoms with Crippen LogP contribution in [-0.4, -0.2) is 28.1 Å². The summed E-state index contributed by atoms with van der Waals surface area (Å²) in [6, 6.07) is 20.4. The molecule has 160 valence electrons. The number of ether oxygens (including phenoxy) is 1. The van der Waals surface area contributed by atoms with Gasteiger partial charge in [0.05, 0.1) is 23.4 Å². The van der Waals surface area contributed by atoms with Crippen LogP contribution in [-0.2, 0) is 16.4 Å². The van der Waals surface area contributed by atoms with Crippen LogP contribution >= 0.6 is 0 Å². The number of fused-ring (bicyclic) bond motifs is 1. The van der Waals surface area contributed by atoms with Crippen LogP contribution in [0.3, 0.4) is 0 Å². The molecule has 0 fully saturated rings. The van der Waals surface area contributed by atoms with Crippen molar-refractivity contribution in [3.05, 3.63) is 78.4 Å². The number of rotatable bonds is 5. The summed E-state index contributed by atoms with van der Waals surface area (Å²) in [4.78, 5) is 12.7. The van der Waals surface area contributed by atoms with Crippen molar-refractivity contribution in [1.29, 1.82) is 0 Å². The Kier molecular flexibility index (Phi) is 5.81. The van der Waals surface area contributed by atoms with Crippen LogP contribution in [0.25, 0.3) is 0 Å². The van der Waals surface area contributed by atoms with Crippen LogP contribution in [0.5, 0.6) is 5.75 Å². The fourth-order valence-corrected chi connectivity index (χ4v) is 5.20. The molecule has 0 atom stereocenters. The molecule has 3 aromatic carbocycles. The van der Waals surface area contributed by atoms with E-state index >= 15 is 0 Å². The molecule has 31 heavy (non-hydrogen) atoms. The van der Waals surface area contributed by atoms with E-state index in [2.05, 4.69) is 10.6 Å². The maximum atomic E-state index is 13.1. The van der Waals surface area contributed by atoms with Crippen molar-refractivity contribution in [3.8, 4) is 5.75 Å². The minimum atomic E-state index is -3.64. The Hall–Kier alpha value is -3.52. The Morgan fingerprint density at radius 1 is 0.968 bits per heavy atom. The largest absolute Gasteiger partial charge is 0.495 e. The highest BCUT2D eigenvalue weighted by atomic mass is 32.2. The zero-order chi connectivity index (χ0) is 21.8. The first-order chi connectivity index (χ1) is 15.0. The molecule has 0 bridgehead atoms. The summed E-state index contributed by atoms with van der Waals surface area (Å²) < 4.78 is 32.9. The van der Waals surface area contributed by atoms with Crippen LogP contribution in [0.2, 0.25) is 0 Å². The van der Waals surface area contributed by atoms with Gasteiger partial charge in [0.1, 0.15) is 5.75 Å². The second kappa shape index (κ2) is 8.69. The molecule has 0 saturated heterocycles. The third-order valence-electron chi connectivity index (χ3n) is 5.10. The van der Waals surface area contributed by atoms with Crippen LogP contribution in [0, 0.1) is 0 Å². The van der Waals surface area contributed by atoms with Crippen LogP contribution in [0.1, 0.15) is 12.0 Å². The molecule has 0 aromatic heterocycles. The number of carbonyl (C=O) groups excluding carboxylic acids is 1. The number of aryl methyl sites for hydroxylation is 1. The smallest absolute Gasteiger partial charge is 0.323 e. The van der Waals surface area contributed by atoms with E-state index in [0.717, 1.165) is 12.0 Å². The number of hydrogen-bond donors (Lipinski definition) is 2. The number of carbonyl (C=O) groups is 1. The average Bonchev–Trinajstić information content (AvgIpc) is 2.79. The van der Waals surface area contributed by atoms with Gasteiger partial charge in [0.25, 0.3) is 10.0 Å². The number of sulfonamides is 1. The van der Waals surface area contributed by atoms with Gasteiger partial charge in [0.15, 0.2) is 0 Å². The Morgan fingerprint density at radius 3 is 2.48 bits per heavy atom. The molecule has 1 aliphatic rings. The number of nitrogens with one attached hydrogen (secondary N) is 2. The van der Waals surface area contributed by atoms with E-state index in [9.17, 15) is 13.2 Å². The zero-order valence-corrected chi connectivity index (χ0v) is 17.9. The van der Waals surface area contributed by atoms with Gasteiger partial charge in [-0.1, -0.05) is 30.3 Å². The summed E-state index contributed by atoms with van der Waals surface area (Å²) in [5.41, 5.74) is 2.66. The first-order valence-electron chi connectivity index (χ1n) is 9.91. The van der Waals surface area contributed by atoms with Crippen LogP contribution in [0.4, 0.5) is 21.9 Å². The van der Waals surface area contributed by atoms with E-state index < -0.39 is 16.1 Å². The molecule has 3 aromatic rings. The first-order valence-corrected chi connectivity index (χ1v) is 11.3. The average molecular weight is 438 g/mol. The molecule has 7 nitrogen and oxygen atoms in total. The van der Waals surface area contributed by atoms with E-state index in [4.69, 9.17) is 4.74 Å². The van der Waals surface area contributed by atoms with Gasteiger partial charge in [-0.15, -0.1) is 0 Å². The predicted octanol–water partition coefficient (Wildman–Crippen LogP) is 4.48. The number of para-hydroxylation sites is 2. The molecule has 0 spiro atoms. The first kappa shape index (κ1) is 20.7. The lowest BCUT2D eigenvalue weighted by atomic mass is 10.0.